The molecule has 0 radical (unpaired) electrons. The number of nitrogens with one attached hydrogen (secondary N) is 2. The molecule has 2 amide bonds. The topological polar surface area (TPSA) is 91.2 Å². The van der Waals surface area contributed by atoms with E-state index in [2.05, 4.69) is 10.6 Å². The summed E-state index contributed by atoms with van der Waals surface area (Å²) in [6, 6.07) is 19.7. The Hall–Kier alpha value is -3.50. The van der Waals surface area contributed by atoms with Crippen molar-refractivity contribution in [1.29, 1.82) is 5.26 Å². The fourth-order valence-electron chi connectivity index (χ4n) is 2.64. The fourth-order valence-corrected chi connectivity index (χ4v) is 3.10. The molecule has 33 heavy (non-hydrogen) atoms. The summed E-state index contributed by atoms with van der Waals surface area (Å²) in [6.07, 6.45) is 1.45. The molecule has 9 heteroatoms. The Bertz CT molecular complexity index is 1230. The van der Waals surface area contributed by atoms with Gasteiger partial charge in [0.05, 0.1) is 10.7 Å². The standard InChI is InChI=1S/C24H16Cl3N3O3/c25-17-3-6-19(7-4-17)29-24(32)16(13-28)11-15-1-8-20(9-2-15)33-14-23(31)30-22-12-18(26)5-10-21(22)27/h1-12H,14H2,(H,29,32)(H,30,31)/b16-11-. The maximum Gasteiger partial charge on any atom is 0.266 e. The number of ether oxygens (including phenoxy) is 1. The van der Waals surface area contributed by atoms with Crippen molar-refractivity contribution >= 4 is 64.1 Å². The minimum Gasteiger partial charge on any atom is -0.484 e. The molecular formula is C24H16Cl3N3O3. The van der Waals surface area contributed by atoms with Gasteiger partial charge in [-0.25, -0.2) is 0 Å². The van der Waals surface area contributed by atoms with Gasteiger partial charge in [-0.2, -0.15) is 5.26 Å². The number of hydrogen-bond donors (Lipinski definition) is 2. The van der Waals surface area contributed by atoms with Gasteiger partial charge in [0.25, 0.3) is 11.8 Å². The summed E-state index contributed by atoms with van der Waals surface area (Å²) >= 11 is 17.8. The summed E-state index contributed by atoms with van der Waals surface area (Å²) in [5.74, 6) is -0.520. The van der Waals surface area contributed by atoms with Crippen LogP contribution in [0.3, 0.4) is 0 Å². The highest BCUT2D eigenvalue weighted by molar-refractivity contribution is 6.35. The van der Waals surface area contributed by atoms with Crippen LogP contribution in [-0.4, -0.2) is 18.4 Å². The highest BCUT2D eigenvalue weighted by Crippen LogP contribution is 2.25. The number of anilines is 2. The zero-order chi connectivity index (χ0) is 23.8. The van der Waals surface area contributed by atoms with E-state index in [9.17, 15) is 14.9 Å². The van der Waals surface area contributed by atoms with Crippen molar-refractivity contribution in [1.82, 2.24) is 0 Å². The zero-order valence-corrected chi connectivity index (χ0v) is 19.2. The van der Waals surface area contributed by atoms with E-state index in [0.717, 1.165) is 0 Å². The zero-order valence-electron chi connectivity index (χ0n) is 16.9. The number of carbonyl (C=O) groups excluding carboxylic acids is 2. The normalized spacial score (nSPS) is 10.8. The number of hydrogen-bond acceptors (Lipinski definition) is 4. The van der Waals surface area contributed by atoms with E-state index in [-0.39, 0.29) is 12.2 Å². The number of carbonyl (C=O) groups is 2. The predicted octanol–water partition coefficient (Wildman–Crippen LogP) is 6.21. The van der Waals surface area contributed by atoms with Gasteiger partial charge >= 0.3 is 0 Å². The molecule has 3 aromatic rings. The van der Waals surface area contributed by atoms with Crippen LogP contribution in [0.4, 0.5) is 11.4 Å². The lowest BCUT2D eigenvalue weighted by Crippen LogP contribution is -2.20. The molecule has 0 aliphatic carbocycles. The Balaban J connectivity index is 1.58. The molecule has 0 fully saturated rings. The van der Waals surface area contributed by atoms with E-state index < -0.39 is 11.8 Å². The lowest BCUT2D eigenvalue weighted by atomic mass is 10.1. The molecule has 0 aliphatic heterocycles. The van der Waals surface area contributed by atoms with Crippen LogP contribution < -0.4 is 15.4 Å². The number of rotatable bonds is 7. The predicted molar refractivity (Wildman–Crippen MR) is 131 cm³/mol. The van der Waals surface area contributed by atoms with Crippen molar-refractivity contribution in [2.75, 3.05) is 17.2 Å². The highest BCUT2D eigenvalue weighted by atomic mass is 35.5. The van der Waals surface area contributed by atoms with Crippen molar-refractivity contribution < 1.29 is 14.3 Å². The van der Waals surface area contributed by atoms with E-state index >= 15 is 0 Å². The second kappa shape index (κ2) is 11.4. The molecule has 0 saturated carbocycles. The first-order valence-corrected chi connectivity index (χ1v) is 10.6. The molecule has 166 valence electrons. The molecule has 3 rings (SSSR count). The Morgan fingerprint density at radius 2 is 1.58 bits per heavy atom. The first kappa shape index (κ1) is 24.1. The van der Waals surface area contributed by atoms with Crippen LogP contribution in [-0.2, 0) is 9.59 Å². The summed E-state index contributed by atoms with van der Waals surface area (Å²) in [4.78, 5) is 24.5. The fraction of sp³-hybridized carbons (Fsp3) is 0.0417. The van der Waals surface area contributed by atoms with Crippen LogP contribution in [0.1, 0.15) is 5.56 Å². The van der Waals surface area contributed by atoms with E-state index in [1.54, 1.807) is 66.7 Å². The van der Waals surface area contributed by atoms with E-state index in [1.165, 1.54) is 6.08 Å². The van der Waals surface area contributed by atoms with Crippen molar-refractivity contribution in [2.24, 2.45) is 0 Å². The maximum atomic E-state index is 12.4. The number of nitrogens with zero attached hydrogens (tertiary/aromatic N) is 1. The molecule has 0 unspecified atom stereocenters. The molecular weight excluding hydrogens is 485 g/mol. The summed E-state index contributed by atoms with van der Waals surface area (Å²) in [6.45, 7) is -0.245. The third-order valence-electron chi connectivity index (χ3n) is 4.23. The van der Waals surface area contributed by atoms with E-state index in [1.807, 2.05) is 6.07 Å². The number of nitriles is 1. The van der Waals surface area contributed by atoms with Crippen LogP contribution in [0.5, 0.6) is 5.75 Å². The summed E-state index contributed by atoms with van der Waals surface area (Å²) in [5.41, 5.74) is 1.45. The molecule has 0 aromatic heterocycles. The van der Waals surface area contributed by atoms with Crippen molar-refractivity contribution in [3.05, 3.63) is 92.9 Å². The number of benzene rings is 3. The van der Waals surface area contributed by atoms with Gasteiger partial charge in [0.15, 0.2) is 6.61 Å². The maximum absolute atomic E-state index is 12.4. The molecule has 0 spiro atoms. The van der Waals surface area contributed by atoms with Gasteiger partial charge in [0, 0.05) is 15.7 Å². The van der Waals surface area contributed by atoms with Crippen LogP contribution >= 0.6 is 34.8 Å². The third-order valence-corrected chi connectivity index (χ3v) is 5.05. The van der Waals surface area contributed by atoms with Gasteiger partial charge in [-0.1, -0.05) is 46.9 Å². The Morgan fingerprint density at radius 3 is 2.24 bits per heavy atom. The average Bonchev–Trinajstić information content (AvgIpc) is 2.80. The van der Waals surface area contributed by atoms with Gasteiger partial charge < -0.3 is 15.4 Å². The molecule has 0 atom stereocenters. The minimum atomic E-state index is -0.545. The van der Waals surface area contributed by atoms with Crippen LogP contribution in [0.15, 0.2) is 72.3 Å². The smallest absolute Gasteiger partial charge is 0.266 e. The monoisotopic (exact) mass is 499 g/mol. The number of amides is 2. The molecule has 0 saturated heterocycles. The van der Waals surface area contributed by atoms with Crippen LogP contribution in [0, 0.1) is 11.3 Å². The minimum absolute atomic E-state index is 0.0728. The van der Waals surface area contributed by atoms with Gasteiger partial charge in [-0.3, -0.25) is 9.59 Å². The molecule has 0 heterocycles. The second-order valence-corrected chi connectivity index (χ2v) is 7.94. The summed E-state index contributed by atoms with van der Waals surface area (Å²) in [5, 5.41) is 16.0. The average molecular weight is 501 g/mol. The van der Waals surface area contributed by atoms with Crippen LogP contribution in [0.25, 0.3) is 6.08 Å². The van der Waals surface area contributed by atoms with E-state index in [0.29, 0.717) is 37.8 Å². The molecule has 3 aromatic carbocycles. The summed E-state index contributed by atoms with van der Waals surface area (Å²) < 4.78 is 5.47. The van der Waals surface area contributed by atoms with Crippen LogP contribution in [0.2, 0.25) is 15.1 Å². The van der Waals surface area contributed by atoms with Gasteiger partial charge in [-0.15, -0.1) is 0 Å². The second-order valence-electron chi connectivity index (χ2n) is 6.66. The molecule has 0 aliphatic rings. The SMILES string of the molecule is N#C/C(=C/c1ccc(OCC(=O)Nc2cc(Cl)ccc2Cl)cc1)C(=O)Nc1ccc(Cl)cc1. The molecule has 0 bridgehead atoms. The summed E-state index contributed by atoms with van der Waals surface area (Å²) in [7, 11) is 0. The Kier molecular flexibility index (Phi) is 8.34. The van der Waals surface area contributed by atoms with Crippen molar-refractivity contribution in [3.8, 4) is 11.8 Å². The molecule has 2 N–H and O–H groups in total. The van der Waals surface area contributed by atoms with Crippen molar-refractivity contribution in [3.63, 3.8) is 0 Å². The lowest BCUT2D eigenvalue weighted by molar-refractivity contribution is -0.118. The first-order valence-electron chi connectivity index (χ1n) is 9.50. The van der Waals surface area contributed by atoms with E-state index in [4.69, 9.17) is 39.5 Å². The first-order chi connectivity index (χ1) is 15.8. The van der Waals surface area contributed by atoms with Gasteiger partial charge in [-0.05, 0) is 66.2 Å². The van der Waals surface area contributed by atoms with Crippen molar-refractivity contribution in [2.45, 2.75) is 0 Å². The Labute approximate surface area is 205 Å². The quantitative estimate of drug-likeness (QED) is 0.298. The van der Waals surface area contributed by atoms with Gasteiger partial charge in [0.2, 0.25) is 0 Å². The number of halogens is 3. The van der Waals surface area contributed by atoms with Gasteiger partial charge in [0.1, 0.15) is 17.4 Å². The molecule has 6 nitrogen and oxygen atoms in total. The third kappa shape index (κ3) is 7.26. The Morgan fingerprint density at radius 1 is 0.909 bits per heavy atom. The lowest BCUT2D eigenvalue weighted by Gasteiger charge is -2.09. The largest absolute Gasteiger partial charge is 0.484 e. The highest BCUT2D eigenvalue weighted by Gasteiger charge is 2.10.